The first-order chi connectivity index (χ1) is 11.8. The molecule has 1 aromatic carbocycles. The Morgan fingerprint density at radius 1 is 1.17 bits per heavy atom. The van der Waals surface area contributed by atoms with Crippen molar-refractivity contribution in [3.8, 4) is 5.69 Å². The van der Waals surface area contributed by atoms with Gasteiger partial charge in [-0.2, -0.15) is 5.10 Å². The lowest BCUT2D eigenvalue weighted by Gasteiger charge is -2.27. The van der Waals surface area contributed by atoms with Crippen molar-refractivity contribution in [1.29, 1.82) is 0 Å². The molecule has 0 N–H and O–H groups in total. The number of para-hydroxylation sites is 1. The van der Waals surface area contributed by atoms with Crippen LogP contribution in [0.25, 0.3) is 5.69 Å². The van der Waals surface area contributed by atoms with Crippen molar-refractivity contribution < 1.29 is 9.53 Å². The molecule has 5 nitrogen and oxygen atoms in total. The van der Waals surface area contributed by atoms with Crippen LogP contribution in [0.4, 0.5) is 0 Å². The van der Waals surface area contributed by atoms with Crippen molar-refractivity contribution >= 4 is 5.91 Å². The molecule has 2 fully saturated rings. The monoisotopic (exact) mass is 325 g/mol. The van der Waals surface area contributed by atoms with Crippen LogP contribution in [0.1, 0.15) is 37.7 Å². The van der Waals surface area contributed by atoms with E-state index in [-0.39, 0.29) is 11.5 Å². The van der Waals surface area contributed by atoms with Crippen molar-refractivity contribution in [3.63, 3.8) is 0 Å². The van der Waals surface area contributed by atoms with E-state index in [1.807, 2.05) is 40.0 Å². The number of amides is 1. The topological polar surface area (TPSA) is 47.4 Å². The lowest BCUT2D eigenvalue weighted by atomic mass is 9.92. The molecule has 2 saturated heterocycles. The highest BCUT2D eigenvalue weighted by Crippen LogP contribution is 2.36. The average molecular weight is 325 g/mol. The number of likely N-dealkylation sites (tertiary alicyclic amines) is 1. The van der Waals surface area contributed by atoms with Gasteiger partial charge in [-0.25, -0.2) is 4.68 Å². The summed E-state index contributed by atoms with van der Waals surface area (Å²) in [5, 5.41) is 4.33. The van der Waals surface area contributed by atoms with Gasteiger partial charge in [0.25, 0.3) is 0 Å². The molecule has 126 valence electrons. The van der Waals surface area contributed by atoms with E-state index in [9.17, 15) is 4.79 Å². The predicted octanol–water partition coefficient (Wildman–Crippen LogP) is 2.93. The molecule has 0 aliphatic carbocycles. The third kappa shape index (κ3) is 2.96. The van der Waals surface area contributed by atoms with Gasteiger partial charge < -0.3 is 9.64 Å². The van der Waals surface area contributed by atoms with Crippen LogP contribution in [-0.4, -0.2) is 39.3 Å². The summed E-state index contributed by atoms with van der Waals surface area (Å²) in [6.45, 7) is 2.24. The number of carbonyl (C=O) groups excluding carboxylic acids is 1. The van der Waals surface area contributed by atoms with Crippen LogP contribution in [-0.2, 0) is 16.1 Å². The van der Waals surface area contributed by atoms with Gasteiger partial charge in [-0.05, 0) is 43.4 Å². The zero-order chi connectivity index (χ0) is 16.4. The maximum atomic E-state index is 12.6. The molecule has 1 amide bonds. The standard InChI is InChI=1S/C19H23N3O2/c23-18-7-9-19(8-3-14-24-19)10-13-21(18)15-16-5-1-2-6-17(16)22-12-4-11-20-22/h1-2,4-6,11-12H,3,7-10,13-15H2. The van der Waals surface area contributed by atoms with Gasteiger partial charge in [0, 0.05) is 38.5 Å². The number of rotatable bonds is 3. The number of hydrogen-bond acceptors (Lipinski definition) is 3. The van der Waals surface area contributed by atoms with E-state index >= 15 is 0 Å². The van der Waals surface area contributed by atoms with Gasteiger partial charge in [-0.15, -0.1) is 0 Å². The number of benzene rings is 1. The first kappa shape index (κ1) is 15.4. The van der Waals surface area contributed by atoms with Crippen molar-refractivity contribution in [2.24, 2.45) is 0 Å². The minimum absolute atomic E-state index is 0.0497. The number of nitrogens with zero attached hydrogens (tertiary/aromatic N) is 3. The van der Waals surface area contributed by atoms with Crippen LogP contribution in [0.3, 0.4) is 0 Å². The maximum Gasteiger partial charge on any atom is 0.222 e. The van der Waals surface area contributed by atoms with E-state index in [2.05, 4.69) is 11.2 Å². The van der Waals surface area contributed by atoms with Crippen molar-refractivity contribution in [1.82, 2.24) is 14.7 Å². The van der Waals surface area contributed by atoms with E-state index < -0.39 is 0 Å². The zero-order valence-electron chi connectivity index (χ0n) is 13.9. The molecule has 1 atom stereocenters. The molecule has 5 heteroatoms. The highest BCUT2D eigenvalue weighted by Gasteiger charge is 2.38. The molecule has 2 aliphatic heterocycles. The summed E-state index contributed by atoms with van der Waals surface area (Å²) in [5.74, 6) is 0.234. The highest BCUT2D eigenvalue weighted by atomic mass is 16.5. The molecule has 2 aliphatic rings. The van der Waals surface area contributed by atoms with Crippen LogP contribution in [0.15, 0.2) is 42.7 Å². The summed E-state index contributed by atoms with van der Waals surface area (Å²) in [5.41, 5.74) is 2.11. The Balaban J connectivity index is 1.54. The van der Waals surface area contributed by atoms with Crippen LogP contribution in [0, 0.1) is 0 Å². The van der Waals surface area contributed by atoms with Crippen molar-refractivity contribution in [2.75, 3.05) is 13.2 Å². The fourth-order valence-electron chi connectivity index (χ4n) is 3.88. The van der Waals surface area contributed by atoms with Gasteiger partial charge in [0.05, 0.1) is 11.3 Å². The van der Waals surface area contributed by atoms with Gasteiger partial charge in [0.1, 0.15) is 0 Å². The Morgan fingerprint density at radius 2 is 2.08 bits per heavy atom. The minimum Gasteiger partial charge on any atom is -0.375 e. The second kappa shape index (κ2) is 6.40. The van der Waals surface area contributed by atoms with Crippen LogP contribution in [0.5, 0.6) is 0 Å². The maximum absolute atomic E-state index is 12.6. The van der Waals surface area contributed by atoms with E-state index in [4.69, 9.17) is 4.74 Å². The Hall–Kier alpha value is -2.14. The normalized spacial score (nSPS) is 24.5. The van der Waals surface area contributed by atoms with Crippen LogP contribution >= 0.6 is 0 Å². The molecule has 0 saturated carbocycles. The predicted molar refractivity (Wildman–Crippen MR) is 90.7 cm³/mol. The molecule has 1 spiro atoms. The smallest absolute Gasteiger partial charge is 0.222 e. The Bertz CT molecular complexity index is 705. The van der Waals surface area contributed by atoms with E-state index in [0.717, 1.165) is 50.1 Å². The summed E-state index contributed by atoms with van der Waals surface area (Å²) in [7, 11) is 0. The van der Waals surface area contributed by atoms with Gasteiger partial charge >= 0.3 is 0 Å². The second-order valence-corrected chi connectivity index (χ2v) is 6.78. The minimum atomic E-state index is -0.0497. The summed E-state index contributed by atoms with van der Waals surface area (Å²) in [6, 6.07) is 10.1. The first-order valence-corrected chi connectivity index (χ1v) is 8.75. The summed E-state index contributed by atoms with van der Waals surface area (Å²) in [4.78, 5) is 14.6. The number of hydrogen-bond donors (Lipinski definition) is 0. The molecule has 0 radical (unpaired) electrons. The largest absolute Gasteiger partial charge is 0.375 e. The molecule has 1 aromatic heterocycles. The molecular formula is C19H23N3O2. The Morgan fingerprint density at radius 3 is 2.88 bits per heavy atom. The second-order valence-electron chi connectivity index (χ2n) is 6.78. The summed E-state index contributed by atoms with van der Waals surface area (Å²) >= 11 is 0. The van der Waals surface area contributed by atoms with Gasteiger partial charge in [0.15, 0.2) is 0 Å². The van der Waals surface area contributed by atoms with E-state index in [0.29, 0.717) is 13.0 Å². The Kier molecular flexibility index (Phi) is 4.10. The molecular weight excluding hydrogens is 302 g/mol. The van der Waals surface area contributed by atoms with Gasteiger partial charge in [-0.1, -0.05) is 18.2 Å². The van der Waals surface area contributed by atoms with E-state index in [1.54, 1.807) is 6.20 Å². The third-order valence-electron chi connectivity index (χ3n) is 5.27. The average Bonchev–Trinajstić information content (AvgIpc) is 3.26. The quantitative estimate of drug-likeness (QED) is 0.872. The summed E-state index contributed by atoms with van der Waals surface area (Å²) in [6.07, 6.45) is 8.32. The molecule has 24 heavy (non-hydrogen) atoms. The fourth-order valence-corrected chi connectivity index (χ4v) is 3.88. The van der Waals surface area contributed by atoms with Crippen LogP contribution < -0.4 is 0 Å². The van der Waals surface area contributed by atoms with E-state index in [1.165, 1.54) is 0 Å². The molecule has 3 heterocycles. The van der Waals surface area contributed by atoms with Crippen molar-refractivity contribution in [3.05, 3.63) is 48.3 Å². The Labute approximate surface area is 142 Å². The highest BCUT2D eigenvalue weighted by molar-refractivity contribution is 5.76. The SMILES string of the molecule is O=C1CCC2(CCCO2)CCN1Cc1ccccc1-n1cccn1. The lowest BCUT2D eigenvalue weighted by Crippen LogP contribution is -2.32. The van der Waals surface area contributed by atoms with Crippen LogP contribution in [0.2, 0.25) is 0 Å². The molecule has 2 aromatic rings. The number of aromatic nitrogens is 2. The molecule has 1 unspecified atom stereocenters. The van der Waals surface area contributed by atoms with Gasteiger partial charge in [0.2, 0.25) is 5.91 Å². The lowest BCUT2D eigenvalue weighted by molar-refractivity contribution is -0.131. The zero-order valence-corrected chi connectivity index (χ0v) is 13.9. The molecule has 4 rings (SSSR count). The van der Waals surface area contributed by atoms with Gasteiger partial charge in [-0.3, -0.25) is 4.79 Å². The first-order valence-electron chi connectivity index (χ1n) is 8.75. The van der Waals surface area contributed by atoms with Crippen molar-refractivity contribution in [2.45, 2.75) is 44.2 Å². The number of ether oxygens (including phenoxy) is 1. The third-order valence-corrected chi connectivity index (χ3v) is 5.27. The number of carbonyl (C=O) groups is 1. The molecule has 0 bridgehead atoms. The fraction of sp³-hybridized carbons (Fsp3) is 0.474. The summed E-state index contributed by atoms with van der Waals surface area (Å²) < 4.78 is 7.86.